The molecule has 0 saturated heterocycles. The Morgan fingerprint density at radius 1 is 1.27 bits per heavy atom. The fourth-order valence-corrected chi connectivity index (χ4v) is 2.34. The van der Waals surface area contributed by atoms with E-state index in [-0.39, 0.29) is 23.7 Å². The van der Waals surface area contributed by atoms with E-state index in [1.54, 1.807) is 13.2 Å². The predicted molar refractivity (Wildman–Crippen MR) is 93.7 cm³/mol. The van der Waals surface area contributed by atoms with E-state index in [1.165, 1.54) is 18.2 Å². The molecule has 1 N–H and O–H groups in total. The number of carbonyl (C=O) groups is 1. The molecule has 26 heavy (non-hydrogen) atoms. The Hall–Kier alpha value is -3.68. The standard InChI is InChI=1S/C18H15N3O5/c1-19-14-8-7-13(9-15(14)21(23)24)18(22)25-11-17-20-10-16(26-17)12-5-3-2-4-6-12/h2-10,19H,11H2,1H3. The molecule has 0 atom stereocenters. The van der Waals surface area contributed by atoms with E-state index < -0.39 is 10.9 Å². The topological polar surface area (TPSA) is 108 Å². The van der Waals surface area contributed by atoms with Crippen molar-refractivity contribution < 1.29 is 18.9 Å². The van der Waals surface area contributed by atoms with E-state index in [4.69, 9.17) is 9.15 Å². The minimum Gasteiger partial charge on any atom is -0.452 e. The molecule has 1 aromatic heterocycles. The molecule has 0 saturated carbocycles. The van der Waals surface area contributed by atoms with Crippen LogP contribution in [0.5, 0.6) is 0 Å². The van der Waals surface area contributed by atoms with E-state index in [0.29, 0.717) is 11.4 Å². The van der Waals surface area contributed by atoms with E-state index in [1.807, 2.05) is 30.3 Å². The fourth-order valence-electron chi connectivity index (χ4n) is 2.34. The molecule has 0 radical (unpaired) electrons. The number of oxazole rings is 1. The molecule has 0 amide bonds. The molecule has 0 aliphatic rings. The molecule has 0 bridgehead atoms. The molecule has 8 nitrogen and oxygen atoms in total. The highest BCUT2D eigenvalue weighted by atomic mass is 16.6. The minimum absolute atomic E-state index is 0.0746. The third-order valence-corrected chi connectivity index (χ3v) is 3.64. The van der Waals surface area contributed by atoms with Gasteiger partial charge < -0.3 is 14.5 Å². The first kappa shape index (κ1) is 17.2. The van der Waals surface area contributed by atoms with Gasteiger partial charge in [0, 0.05) is 18.7 Å². The molecule has 3 rings (SSSR count). The van der Waals surface area contributed by atoms with Crippen LogP contribution < -0.4 is 5.32 Å². The van der Waals surface area contributed by atoms with Crippen LogP contribution in [0.4, 0.5) is 11.4 Å². The average Bonchev–Trinajstić information content (AvgIpc) is 3.15. The molecule has 3 aromatic rings. The summed E-state index contributed by atoms with van der Waals surface area (Å²) < 4.78 is 10.7. The van der Waals surface area contributed by atoms with Crippen molar-refractivity contribution in [1.82, 2.24) is 4.98 Å². The number of rotatable bonds is 6. The Labute approximate surface area is 148 Å². The maximum atomic E-state index is 12.1. The number of ether oxygens (including phenoxy) is 1. The molecular weight excluding hydrogens is 338 g/mol. The second-order valence-electron chi connectivity index (χ2n) is 5.30. The van der Waals surface area contributed by atoms with Crippen LogP contribution in [0.25, 0.3) is 11.3 Å². The summed E-state index contributed by atoms with van der Waals surface area (Å²) in [6, 6.07) is 13.5. The summed E-state index contributed by atoms with van der Waals surface area (Å²) in [7, 11) is 1.56. The summed E-state index contributed by atoms with van der Waals surface area (Å²) in [5.41, 5.74) is 1.04. The number of nitro benzene ring substituents is 1. The zero-order chi connectivity index (χ0) is 18.5. The van der Waals surface area contributed by atoms with E-state index in [0.717, 1.165) is 5.56 Å². The predicted octanol–water partition coefficient (Wildman–Crippen LogP) is 3.65. The largest absolute Gasteiger partial charge is 0.452 e. The summed E-state index contributed by atoms with van der Waals surface area (Å²) in [5.74, 6) is 0.0967. The lowest BCUT2D eigenvalue weighted by molar-refractivity contribution is -0.384. The van der Waals surface area contributed by atoms with Crippen LogP contribution in [0.15, 0.2) is 59.1 Å². The number of aromatic nitrogens is 1. The molecule has 2 aromatic carbocycles. The summed E-state index contributed by atoms with van der Waals surface area (Å²) in [4.78, 5) is 26.7. The number of nitro groups is 1. The van der Waals surface area contributed by atoms with Crippen molar-refractivity contribution in [2.45, 2.75) is 6.61 Å². The van der Waals surface area contributed by atoms with Crippen LogP contribution in [0.2, 0.25) is 0 Å². The lowest BCUT2D eigenvalue weighted by Gasteiger charge is -2.05. The lowest BCUT2D eigenvalue weighted by atomic mass is 10.1. The van der Waals surface area contributed by atoms with Crippen LogP contribution in [0.1, 0.15) is 16.2 Å². The van der Waals surface area contributed by atoms with Crippen molar-refractivity contribution in [2.75, 3.05) is 12.4 Å². The van der Waals surface area contributed by atoms with Gasteiger partial charge in [-0.25, -0.2) is 9.78 Å². The Bertz CT molecular complexity index is 937. The van der Waals surface area contributed by atoms with Crippen LogP contribution >= 0.6 is 0 Å². The SMILES string of the molecule is CNc1ccc(C(=O)OCc2ncc(-c3ccccc3)o2)cc1[N+](=O)[O-]. The Morgan fingerprint density at radius 3 is 2.73 bits per heavy atom. The summed E-state index contributed by atoms with van der Waals surface area (Å²) >= 11 is 0. The number of anilines is 1. The number of nitrogens with zero attached hydrogens (tertiary/aromatic N) is 2. The first-order valence-electron chi connectivity index (χ1n) is 7.72. The van der Waals surface area contributed by atoms with Gasteiger partial charge in [0.2, 0.25) is 5.89 Å². The number of esters is 1. The molecule has 8 heteroatoms. The molecule has 0 unspecified atom stereocenters. The Balaban J connectivity index is 1.69. The van der Waals surface area contributed by atoms with E-state index in [9.17, 15) is 14.9 Å². The van der Waals surface area contributed by atoms with Crippen molar-refractivity contribution in [3.63, 3.8) is 0 Å². The highest BCUT2D eigenvalue weighted by Crippen LogP contribution is 2.25. The Kier molecular flexibility index (Phi) is 4.93. The van der Waals surface area contributed by atoms with Crippen molar-refractivity contribution >= 4 is 17.3 Å². The fraction of sp³-hybridized carbons (Fsp3) is 0.111. The van der Waals surface area contributed by atoms with Gasteiger partial charge in [0.25, 0.3) is 5.69 Å². The molecule has 0 aliphatic carbocycles. The van der Waals surface area contributed by atoms with Gasteiger partial charge in [-0.1, -0.05) is 30.3 Å². The van der Waals surface area contributed by atoms with Crippen molar-refractivity contribution in [3.8, 4) is 11.3 Å². The third-order valence-electron chi connectivity index (χ3n) is 3.64. The summed E-state index contributed by atoms with van der Waals surface area (Å²) in [6.07, 6.45) is 1.55. The van der Waals surface area contributed by atoms with Crippen LogP contribution in [-0.4, -0.2) is 22.9 Å². The first-order chi connectivity index (χ1) is 12.6. The maximum absolute atomic E-state index is 12.1. The zero-order valence-corrected chi connectivity index (χ0v) is 13.8. The van der Waals surface area contributed by atoms with E-state index >= 15 is 0 Å². The van der Waals surface area contributed by atoms with Gasteiger partial charge in [0.05, 0.1) is 16.7 Å². The highest BCUT2D eigenvalue weighted by molar-refractivity contribution is 5.91. The number of hydrogen-bond donors (Lipinski definition) is 1. The zero-order valence-electron chi connectivity index (χ0n) is 13.8. The quantitative estimate of drug-likeness (QED) is 0.409. The van der Waals surface area contributed by atoms with Crippen molar-refractivity contribution in [1.29, 1.82) is 0 Å². The molecule has 0 fully saturated rings. The first-order valence-corrected chi connectivity index (χ1v) is 7.72. The van der Waals surface area contributed by atoms with Crippen molar-refractivity contribution in [3.05, 3.63) is 76.3 Å². The summed E-state index contributed by atoms with van der Waals surface area (Å²) in [6.45, 7) is -0.173. The van der Waals surface area contributed by atoms with Crippen LogP contribution in [0, 0.1) is 10.1 Å². The minimum atomic E-state index is -0.699. The van der Waals surface area contributed by atoms with Crippen molar-refractivity contribution in [2.24, 2.45) is 0 Å². The monoisotopic (exact) mass is 353 g/mol. The number of hydrogen-bond acceptors (Lipinski definition) is 7. The maximum Gasteiger partial charge on any atom is 0.338 e. The number of carbonyl (C=O) groups excluding carboxylic acids is 1. The summed E-state index contributed by atoms with van der Waals surface area (Å²) in [5, 5.41) is 13.8. The molecule has 0 aliphatic heterocycles. The number of benzene rings is 2. The highest BCUT2D eigenvalue weighted by Gasteiger charge is 2.18. The molecule has 1 heterocycles. The Morgan fingerprint density at radius 2 is 2.04 bits per heavy atom. The second-order valence-corrected chi connectivity index (χ2v) is 5.30. The van der Waals surface area contributed by atoms with Crippen LogP contribution in [-0.2, 0) is 11.3 Å². The van der Waals surface area contributed by atoms with E-state index in [2.05, 4.69) is 10.3 Å². The van der Waals surface area contributed by atoms with Gasteiger partial charge in [0.1, 0.15) is 5.69 Å². The number of nitrogens with one attached hydrogen (secondary N) is 1. The smallest absolute Gasteiger partial charge is 0.338 e. The van der Waals surface area contributed by atoms with Gasteiger partial charge in [0.15, 0.2) is 12.4 Å². The van der Waals surface area contributed by atoms with Crippen LogP contribution in [0.3, 0.4) is 0 Å². The van der Waals surface area contributed by atoms with Gasteiger partial charge in [-0.2, -0.15) is 0 Å². The van der Waals surface area contributed by atoms with Gasteiger partial charge in [-0.15, -0.1) is 0 Å². The average molecular weight is 353 g/mol. The third kappa shape index (κ3) is 3.69. The molecule has 132 valence electrons. The molecular formula is C18H15N3O5. The second kappa shape index (κ2) is 7.47. The normalized spacial score (nSPS) is 10.3. The van der Waals surface area contributed by atoms with Gasteiger partial charge in [-0.3, -0.25) is 10.1 Å². The molecule has 0 spiro atoms. The van der Waals surface area contributed by atoms with Gasteiger partial charge in [-0.05, 0) is 12.1 Å². The lowest BCUT2D eigenvalue weighted by Crippen LogP contribution is -2.07. The van der Waals surface area contributed by atoms with Gasteiger partial charge >= 0.3 is 5.97 Å².